The summed E-state index contributed by atoms with van der Waals surface area (Å²) in [4.78, 5) is 27.6. The van der Waals surface area contributed by atoms with Gasteiger partial charge in [-0.05, 0) is 38.5 Å². The SMILES string of the molecule is CC1(C)NC(=O)N(CCN2CC3CCC(N)C3C2)C1=O. The summed E-state index contributed by atoms with van der Waals surface area (Å²) >= 11 is 0. The number of carbonyl (C=O) groups excluding carboxylic acids is 2. The van der Waals surface area contributed by atoms with Crippen LogP contribution >= 0.6 is 0 Å². The predicted octanol–water partition coefficient (Wildman–Crippen LogP) is -0.0141. The molecule has 3 rings (SSSR count). The Morgan fingerprint density at radius 3 is 2.60 bits per heavy atom. The van der Waals surface area contributed by atoms with Crippen molar-refractivity contribution in [1.82, 2.24) is 15.1 Å². The van der Waals surface area contributed by atoms with Gasteiger partial charge in [-0.3, -0.25) is 9.69 Å². The highest BCUT2D eigenvalue weighted by molar-refractivity contribution is 6.06. The molecular formula is C14H24N4O2. The van der Waals surface area contributed by atoms with Crippen molar-refractivity contribution >= 4 is 11.9 Å². The van der Waals surface area contributed by atoms with Crippen molar-refractivity contribution in [3.8, 4) is 0 Å². The van der Waals surface area contributed by atoms with Crippen LogP contribution in [-0.2, 0) is 4.79 Å². The highest BCUT2D eigenvalue weighted by atomic mass is 16.2. The summed E-state index contributed by atoms with van der Waals surface area (Å²) < 4.78 is 0. The van der Waals surface area contributed by atoms with Gasteiger partial charge in [-0.2, -0.15) is 0 Å². The molecule has 3 unspecified atom stereocenters. The minimum absolute atomic E-state index is 0.126. The second-order valence-corrected chi connectivity index (χ2v) is 6.94. The Balaban J connectivity index is 1.54. The fraction of sp³-hybridized carbons (Fsp3) is 0.857. The number of carbonyl (C=O) groups is 2. The maximum absolute atomic E-state index is 12.1. The molecule has 2 heterocycles. The van der Waals surface area contributed by atoms with E-state index in [1.54, 1.807) is 13.8 Å². The molecule has 1 aliphatic carbocycles. The number of nitrogens with one attached hydrogen (secondary N) is 1. The Hall–Kier alpha value is -1.14. The van der Waals surface area contributed by atoms with E-state index in [1.807, 2.05) is 0 Å². The van der Waals surface area contributed by atoms with E-state index in [0.717, 1.165) is 26.1 Å². The third kappa shape index (κ3) is 2.20. The highest BCUT2D eigenvalue weighted by Gasteiger charge is 2.45. The summed E-state index contributed by atoms with van der Waals surface area (Å²) in [6.45, 7) is 6.79. The van der Waals surface area contributed by atoms with Gasteiger partial charge in [0.15, 0.2) is 0 Å². The van der Waals surface area contributed by atoms with Gasteiger partial charge in [-0.25, -0.2) is 4.79 Å². The third-order valence-electron chi connectivity index (χ3n) is 5.07. The lowest BCUT2D eigenvalue weighted by Crippen LogP contribution is -2.42. The third-order valence-corrected chi connectivity index (χ3v) is 5.07. The van der Waals surface area contributed by atoms with Crippen molar-refractivity contribution in [1.29, 1.82) is 0 Å². The quantitative estimate of drug-likeness (QED) is 0.713. The Bertz CT molecular complexity index is 437. The number of amides is 3. The predicted molar refractivity (Wildman–Crippen MR) is 75.0 cm³/mol. The summed E-state index contributed by atoms with van der Waals surface area (Å²) in [5.74, 6) is 1.19. The van der Waals surface area contributed by atoms with Gasteiger partial charge in [0.2, 0.25) is 0 Å². The van der Waals surface area contributed by atoms with Crippen molar-refractivity contribution in [2.24, 2.45) is 17.6 Å². The van der Waals surface area contributed by atoms with Gasteiger partial charge in [-0.1, -0.05) is 0 Å². The molecule has 1 saturated carbocycles. The smallest absolute Gasteiger partial charge is 0.325 e. The van der Waals surface area contributed by atoms with Crippen LogP contribution in [-0.4, -0.2) is 59.5 Å². The first-order valence-electron chi connectivity index (χ1n) is 7.50. The number of hydrogen-bond acceptors (Lipinski definition) is 4. The number of urea groups is 1. The second-order valence-electron chi connectivity index (χ2n) is 6.94. The van der Waals surface area contributed by atoms with E-state index < -0.39 is 5.54 Å². The van der Waals surface area contributed by atoms with E-state index in [9.17, 15) is 9.59 Å². The molecule has 3 amide bonds. The zero-order chi connectivity index (χ0) is 14.5. The largest absolute Gasteiger partial charge is 0.327 e. The summed E-state index contributed by atoms with van der Waals surface area (Å²) in [6, 6.07) is 0.0664. The zero-order valence-corrected chi connectivity index (χ0v) is 12.3. The minimum atomic E-state index is -0.763. The van der Waals surface area contributed by atoms with E-state index in [-0.39, 0.29) is 11.9 Å². The molecule has 6 nitrogen and oxygen atoms in total. The molecule has 3 atom stereocenters. The van der Waals surface area contributed by atoms with Crippen molar-refractivity contribution in [2.75, 3.05) is 26.2 Å². The Kier molecular flexibility index (Phi) is 3.25. The fourth-order valence-electron chi connectivity index (χ4n) is 3.84. The van der Waals surface area contributed by atoms with Gasteiger partial charge in [0.1, 0.15) is 5.54 Å². The lowest BCUT2D eigenvalue weighted by Gasteiger charge is -2.21. The monoisotopic (exact) mass is 280 g/mol. The first-order chi connectivity index (χ1) is 9.38. The van der Waals surface area contributed by atoms with Crippen LogP contribution in [0.2, 0.25) is 0 Å². The van der Waals surface area contributed by atoms with Crippen LogP contribution < -0.4 is 11.1 Å². The Labute approximate surface area is 119 Å². The van der Waals surface area contributed by atoms with Gasteiger partial charge < -0.3 is 16.0 Å². The standard InChI is InChI=1S/C14H24N4O2/c1-14(2)12(19)18(13(20)16-14)6-5-17-7-9-3-4-11(15)10(9)8-17/h9-11H,3-8,15H2,1-2H3,(H,16,20). The van der Waals surface area contributed by atoms with Gasteiger partial charge in [-0.15, -0.1) is 0 Å². The fourth-order valence-corrected chi connectivity index (χ4v) is 3.84. The molecule has 0 aromatic rings. The van der Waals surface area contributed by atoms with Gasteiger partial charge in [0.25, 0.3) is 5.91 Å². The van der Waals surface area contributed by atoms with Gasteiger partial charge >= 0.3 is 6.03 Å². The number of rotatable bonds is 3. The molecule has 0 aromatic carbocycles. The lowest BCUT2D eigenvalue weighted by molar-refractivity contribution is -0.130. The number of fused-ring (bicyclic) bond motifs is 1. The number of hydrogen-bond donors (Lipinski definition) is 2. The van der Waals surface area contributed by atoms with Crippen molar-refractivity contribution in [3.05, 3.63) is 0 Å². The highest BCUT2D eigenvalue weighted by Crippen LogP contribution is 2.36. The molecule has 0 aromatic heterocycles. The molecule has 6 heteroatoms. The first-order valence-corrected chi connectivity index (χ1v) is 7.50. The average molecular weight is 280 g/mol. The van der Waals surface area contributed by atoms with Crippen LogP contribution in [0.15, 0.2) is 0 Å². The van der Waals surface area contributed by atoms with Crippen molar-refractivity contribution in [2.45, 2.75) is 38.3 Å². The Morgan fingerprint density at radius 2 is 2.00 bits per heavy atom. The van der Waals surface area contributed by atoms with E-state index in [1.165, 1.54) is 11.3 Å². The lowest BCUT2D eigenvalue weighted by atomic mass is 9.98. The maximum atomic E-state index is 12.1. The van der Waals surface area contributed by atoms with E-state index in [4.69, 9.17) is 5.73 Å². The average Bonchev–Trinajstić information content (AvgIpc) is 2.96. The molecule has 0 spiro atoms. The number of imide groups is 1. The van der Waals surface area contributed by atoms with Crippen LogP contribution in [0.3, 0.4) is 0 Å². The normalized spacial score (nSPS) is 36.5. The topological polar surface area (TPSA) is 78.7 Å². The summed E-state index contributed by atoms with van der Waals surface area (Å²) in [6.07, 6.45) is 2.36. The number of likely N-dealkylation sites (tertiary alicyclic amines) is 1. The number of nitrogens with two attached hydrogens (primary N) is 1. The molecule has 3 N–H and O–H groups in total. The molecule has 2 aliphatic heterocycles. The molecule has 0 radical (unpaired) electrons. The summed E-state index contributed by atoms with van der Waals surface area (Å²) in [5, 5.41) is 2.71. The molecular weight excluding hydrogens is 256 g/mol. The minimum Gasteiger partial charge on any atom is -0.327 e. The molecule has 112 valence electrons. The molecule has 20 heavy (non-hydrogen) atoms. The molecule has 3 fully saturated rings. The zero-order valence-electron chi connectivity index (χ0n) is 12.3. The van der Waals surface area contributed by atoms with E-state index in [0.29, 0.717) is 24.4 Å². The van der Waals surface area contributed by atoms with Crippen LogP contribution in [0.1, 0.15) is 26.7 Å². The summed E-state index contributed by atoms with van der Waals surface area (Å²) in [5.41, 5.74) is 5.36. The molecule has 0 bridgehead atoms. The van der Waals surface area contributed by atoms with Crippen LogP contribution in [0, 0.1) is 11.8 Å². The van der Waals surface area contributed by atoms with E-state index in [2.05, 4.69) is 10.2 Å². The summed E-state index contributed by atoms with van der Waals surface area (Å²) in [7, 11) is 0. The second kappa shape index (κ2) is 4.70. The van der Waals surface area contributed by atoms with Crippen LogP contribution in [0.25, 0.3) is 0 Å². The maximum Gasteiger partial charge on any atom is 0.325 e. The first kappa shape index (κ1) is 13.8. The Morgan fingerprint density at radius 1 is 1.25 bits per heavy atom. The number of nitrogens with zero attached hydrogens (tertiary/aromatic N) is 2. The molecule has 3 aliphatic rings. The van der Waals surface area contributed by atoms with Gasteiger partial charge in [0, 0.05) is 32.2 Å². The van der Waals surface area contributed by atoms with E-state index >= 15 is 0 Å². The van der Waals surface area contributed by atoms with Crippen LogP contribution in [0.5, 0.6) is 0 Å². The van der Waals surface area contributed by atoms with Crippen LogP contribution in [0.4, 0.5) is 4.79 Å². The van der Waals surface area contributed by atoms with Crippen molar-refractivity contribution in [3.63, 3.8) is 0 Å². The van der Waals surface area contributed by atoms with Crippen molar-refractivity contribution < 1.29 is 9.59 Å². The molecule has 2 saturated heterocycles. The van der Waals surface area contributed by atoms with Gasteiger partial charge in [0.05, 0.1) is 0 Å².